The van der Waals surface area contributed by atoms with Crippen LogP contribution in [0, 0.1) is 45.3 Å². The van der Waals surface area contributed by atoms with E-state index < -0.39 is 51.8 Å². The minimum atomic E-state index is -0.981. The van der Waals surface area contributed by atoms with Crippen LogP contribution in [0.3, 0.4) is 0 Å². The quantitative estimate of drug-likeness (QED) is 0.376. The van der Waals surface area contributed by atoms with Gasteiger partial charge in [-0.1, -0.05) is 40.7 Å². The Labute approximate surface area is 243 Å². The zero-order valence-electron chi connectivity index (χ0n) is 25.5. The summed E-state index contributed by atoms with van der Waals surface area (Å²) in [5.74, 6) is -0.978. The molecule has 2 saturated heterocycles. The molecule has 0 radical (unpaired) electrons. The maximum Gasteiger partial charge on any atom is 0.414 e. The Morgan fingerprint density at radius 2 is 1.85 bits per heavy atom. The Morgan fingerprint density at radius 1 is 1.12 bits per heavy atom. The normalized spacial score (nSPS) is 44.7. The van der Waals surface area contributed by atoms with Gasteiger partial charge in [0, 0.05) is 42.3 Å². The zero-order valence-corrected chi connectivity index (χ0v) is 25.5. The summed E-state index contributed by atoms with van der Waals surface area (Å²) < 4.78 is 11.3. The second-order valence-corrected chi connectivity index (χ2v) is 14.6. The number of amides is 2. The molecule has 4 bridgehead atoms. The second kappa shape index (κ2) is 10.5. The first kappa shape index (κ1) is 30.2. The van der Waals surface area contributed by atoms with Crippen LogP contribution in [0.2, 0.25) is 0 Å². The van der Waals surface area contributed by atoms with Gasteiger partial charge < -0.3 is 19.5 Å². The summed E-state index contributed by atoms with van der Waals surface area (Å²) in [6.07, 6.45) is 4.39. The molecule has 5 aliphatic rings. The molecular formula is C32H48N2O7. The van der Waals surface area contributed by atoms with Crippen LogP contribution in [-0.2, 0) is 23.9 Å². The van der Waals surface area contributed by atoms with Gasteiger partial charge in [-0.3, -0.25) is 14.9 Å². The molecule has 0 aromatic carbocycles. The van der Waals surface area contributed by atoms with E-state index in [2.05, 4.69) is 24.1 Å². The van der Waals surface area contributed by atoms with Crippen LogP contribution >= 0.6 is 0 Å². The van der Waals surface area contributed by atoms with Gasteiger partial charge in [-0.15, -0.1) is 0 Å². The summed E-state index contributed by atoms with van der Waals surface area (Å²) in [7, 11) is 0. The monoisotopic (exact) mass is 572 g/mol. The fourth-order valence-electron chi connectivity index (χ4n) is 9.78. The van der Waals surface area contributed by atoms with Crippen LogP contribution in [0.15, 0.2) is 12.2 Å². The number of ether oxygens (including phenoxy) is 2. The third-order valence-electron chi connectivity index (χ3n) is 12.3. The lowest BCUT2D eigenvalue weighted by atomic mass is 9.40. The summed E-state index contributed by atoms with van der Waals surface area (Å²) in [6, 6.07) is 0. The minimum absolute atomic E-state index is 0.0545. The van der Waals surface area contributed by atoms with Crippen molar-refractivity contribution >= 4 is 23.8 Å². The molecule has 10 atom stereocenters. The Kier molecular flexibility index (Phi) is 7.72. The third kappa shape index (κ3) is 4.66. The number of hydrogen-bond acceptors (Lipinski definition) is 8. The molecule has 3 saturated carbocycles. The van der Waals surface area contributed by atoms with Gasteiger partial charge in [-0.25, -0.2) is 9.59 Å². The van der Waals surface area contributed by atoms with Crippen molar-refractivity contribution in [3.8, 4) is 0 Å². The number of carbonyl (C=O) groups is 4. The average Bonchev–Trinajstić information content (AvgIpc) is 3.64. The lowest BCUT2D eigenvalue weighted by Gasteiger charge is -2.65. The number of Topliss-reactive ketones (excluding diaryl/α,β-unsaturated/α-hetero) is 1. The van der Waals surface area contributed by atoms with Crippen molar-refractivity contribution in [3.05, 3.63) is 12.2 Å². The summed E-state index contributed by atoms with van der Waals surface area (Å²) in [4.78, 5) is 54.9. The van der Waals surface area contributed by atoms with Gasteiger partial charge in [0.05, 0.1) is 18.6 Å². The van der Waals surface area contributed by atoms with Crippen LogP contribution in [-0.4, -0.2) is 72.2 Å². The second-order valence-electron chi connectivity index (χ2n) is 14.6. The molecule has 0 aromatic heterocycles. The first-order valence-electron chi connectivity index (χ1n) is 15.5. The number of rotatable bonds is 5. The topological polar surface area (TPSA) is 122 Å². The number of hydrogen-bond donors (Lipinski definition) is 2. The first-order chi connectivity index (χ1) is 19.2. The van der Waals surface area contributed by atoms with Crippen molar-refractivity contribution in [3.63, 3.8) is 0 Å². The molecule has 228 valence electrons. The van der Waals surface area contributed by atoms with Crippen molar-refractivity contribution in [2.45, 2.75) is 92.3 Å². The highest BCUT2D eigenvalue weighted by Crippen LogP contribution is 2.71. The number of piperidine rings is 1. The summed E-state index contributed by atoms with van der Waals surface area (Å²) in [5, 5.41) is 14.7. The number of aliphatic hydroxyl groups excluding tert-OH is 1. The fraction of sp³-hybridized carbons (Fsp3) is 0.812. The van der Waals surface area contributed by atoms with E-state index in [1.165, 1.54) is 6.08 Å². The van der Waals surface area contributed by atoms with Gasteiger partial charge in [0.1, 0.15) is 11.9 Å². The van der Waals surface area contributed by atoms with Crippen LogP contribution in [0.4, 0.5) is 4.79 Å². The van der Waals surface area contributed by atoms with Gasteiger partial charge in [-0.05, 0) is 68.2 Å². The van der Waals surface area contributed by atoms with Gasteiger partial charge in [0.25, 0.3) is 0 Å². The highest BCUT2D eigenvalue weighted by atomic mass is 16.6. The number of ketones is 1. The standard InChI is InChI=1S/C32H48N2O7/c1-7-40-24(36)10-12-30(5)16-23(41-28(39)33-26(37)21-18-34-15-11-20(21)17-34)31(6)19(2)8-13-32(29(3,4)27(30)38)14-9-22(35)25(31)32/h10,12,19-21,23,25,27,38H,7-9,11,13-18H2,1-6H3,(H,33,37,39)/b12-10+/t19-,20-,21+,23-,25?,27+,30-,31+,32?/m1/s1. The van der Waals surface area contributed by atoms with Crippen LogP contribution in [0.5, 0.6) is 0 Å². The van der Waals surface area contributed by atoms with E-state index in [-0.39, 0.29) is 42.5 Å². The Hall–Kier alpha value is -2.26. The average molecular weight is 573 g/mol. The molecule has 9 heteroatoms. The van der Waals surface area contributed by atoms with E-state index in [1.807, 2.05) is 20.8 Å². The van der Waals surface area contributed by atoms with E-state index in [1.54, 1.807) is 13.0 Å². The molecule has 9 nitrogen and oxygen atoms in total. The molecule has 5 fully saturated rings. The molecule has 2 aliphatic heterocycles. The van der Waals surface area contributed by atoms with Crippen LogP contribution in [0.25, 0.3) is 0 Å². The number of nitrogens with one attached hydrogen (secondary N) is 1. The number of aliphatic hydroxyl groups is 1. The lowest BCUT2D eigenvalue weighted by Crippen LogP contribution is -2.66. The third-order valence-corrected chi connectivity index (χ3v) is 12.3. The highest BCUT2D eigenvalue weighted by Gasteiger charge is 2.71. The number of alkyl carbamates (subject to hydrolysis) is 1. The van der Waals surface area contributed by atoms with Crippen molar-refractivity contribution in [1.82, 2.24) is 10.2 Å². The maximum absolute atomic E-state index is 13.8. The molecular weight excluding hydrogens is 524 g/mol. The highest BCUT2D eigenvalue weighted by molar-refractivity contribution is 5.93. The van der Waals surface area contributed by atoms with Gasteiger partial charge in [0.2, 0.25) is 5.91 Å². The minimum Gasteiger partial charge on any atom is -0.463 e. The van der Waals surface area contributed by atoms with Gasteiger partial charge in [-0.2, -0.15) is 0 Å². The molecule has 2 amide bonds. The molecule has 2 N–H and O–H groups in total. The molecule has 0 spiro atoms. The van der Waals surface area contributed by atoms with Gasteiger partial charge >= 0.3 is 12.1 Å². The molecule has 41 heavy (non-hydrogen) atoms. The first-order valence-corrected chi connectivity index (χ1v) is 15.5. The predicted octanol–water partition coefficient (Wildman–Crippen LogP) is 3.88. The van der Waals surface area contributed by atoms with Crippen molar-refractivity contribution in [2.75, 3.05) is 26.2 Å². The van der Waals surface area contributed by atoms with Crippen LogP contribution < -0.4 is 5.32 Å². The largest absolute Gasteiger partial charge is 0.463 e. The van der Waals surface area contributed by atoms with Crippen molar-refractivity contribution in [2.24, 2.45) is 45.3 Å². The summed E-state index contributed by atoms with van der Waals surface area (Å²) in [6.45, 7) is 14.7. The van der Waals surface area contributed by atoms with E-state index in [9.17, 15) is 24.3 Å². The fourth-order valence-corrected chi connectivity index (χ4v) is 9.78. The number of esters is 1. The summed E-state index contributed by atoms with van der Waals surface area (Å²) in [5.41, 5.74) is -2.86. The molecule has 0 aromatic rings. The Balaban J connectivity index is 1.52. The van der Waals surface area contributed by atoms with Gasteiger partial charge in [0.15, 0.2) is 0 Å². The molecule has 3 unspecified atom stereocenters. The maximum atomic E-state index is 13.8. The SMILES string of the molecule is CCOC(=O)/C=C/[C@]1(C)C[C@@H](OC(=O)NC(=O)[C@H]2CN3CC[C@@H]2C3)[C@@]2(C)C3C(=O)CCC3(CC[C@H]2C)C(C)(C)[C@@H]1O. The molecule has 5 rings (SSSR count). The van der Waals surface area contributed by atoms with Crippen molar-refractivity contribution < 1.29 is 33.8 Å². The Bertz CT molecular complexity index is 1140. The smallest absolute Gasteiger partial charge is 0.414 e. The van der Waals surface area contributed by atoms with E-state index in [0.29, 0.717) is 19.4 Å². The lowest BCUT2D eigenvalue weighted by molar-refractivity contribution is -0.219. The number of carbonyl (C=O) groups excluding carboxylic acids is 4. The zero-order chi connectivity index (χ0) is 30.0. The van der Waals surface area contributed by atoms with Crippen molar-refractivity contribution in [1.29, 1.82) is 0 Å². The number of fused-ring (bicyclic) bond motifs is 2. The Morgan fingerprint density at radius 3 is 2.49 bits per heavy atom. The number of nitrogens with zero attached hydrogens (tertiary/aromatic N) is 1. The summed E-state index contributed by atoms with van der Waals surface area (Å²) >= 11 is 0. The molecule has 2 heterocycles. The van der Waals surface area contributed by atoms with E-state index in [4.69, 9.17) is 9.47 Å². The van der Waals surface area contributed by atoms with E-state index in [0.717, 1.165) is 32.4 Å². The predicted molar refractivity (Wildman–Crippen MR) is 151 cm³/mol. The molecule has 3 aliphatic carbocycles. The van der Waals surface area contributed by atoms with Crippen LogP contribution in [0.1, 0.15) is 80.1 Å². The van der Waals surface area contributed by atoms with E-state index >= 15 is 0 Å². The number of imide groups is 1.